The molecule has 2 aliphatic heterocycles. The molecule has 0 spiro atoms. The van der Waals surface area contributed by atoms with Crippen LogP contribution in [0.25, 0.3) is 10.9 Å². The van der Waals surface area contributed by atoms with Crippen molar-refractivity contribution in [2.45, 2.75) is 31.8 Å². The summed E-state index contributed by atoms with van der Waals surface area (Å²) in [7, 11) is 0. The highest BCUT2D eigenvalue weighted by Crippen LogP contribution is 2.21. The lowest BCUT2D eigenvalue weighted by atomic mass is 9.99. The van der Waals surface area contributed by atoms with Gasteiger partial charge in [0.05, 0.1) is 10.9 Å². The fraction of sp³-hybridized carbons (Fsp3) is 0.500. The van der Waals surface area contributed by atoms with Gasteiger partial charge in [-0.05, 0) is 31.5 Å². The first-order chi connectivity index (χ1) is 12.1. The van der Waals surface area contributed by atoms with Crippen LogP contribution in [0.4, 0.5) is 0 Å². The van der Waals surface area contributed by atoms with Crippen LogP contribution >= 0.6 is 0 Å². The van der Waals surface area contributed by atoms with Gasteiger partial charge in [-0.15, -0.1) is 0 Å². The van der Waals surface area contributed by atoms with Gasteiger partial charge in [0.2, 0.25) is 5.91 Å². The Balaban J connectivity index is 1.58. The Labute approximate surface area is 144 Å². The Kier molecular flexibility index (Phi) is 4.17. The molecule has 3 heterocycles. The molecular weight excluding hydrogens is 320 g/mol. The summed E-state index contributed by atoms with van der Waals surface area (Å²) >= 11 is 0. The molecular formula is C18H22N4O3. The van der Waals surface area contributed by atoms with Crippen molar-refractivity contribution in [2.24, 2.45) is 0 Å². The smallest absolute Gasteiger partial charge is 0.329 e. The summed E-state index contributed by atoms with van der Waals surface area (Å²) in [4.78, 5) is 43.6. The number of aromatic nitrogens is 2. The average molecular weight is 342 g/mol. The van der Waals surface area contributed by atoms with E-state index in [1.807, 2.05) is 4.90 Å². The minimum absolute atomic E-state index is 0.0388. The molecule has 7 nitrogen and oxygen atoms in total. The van der Waals surface area contributed by atoms with Crippen molar-refractivity contribution in [1.82, 2.24) is 19.4 Å². The van der Waals surface area contributed by atoms with E-state index in [0.29, 0.717) is 23.5 Å². The number of H-pyrrole nitrogens is 1. The zero-order valence-electron chi connectivity index (χ0n) is 14.1. The SMILES string of the molecule is O=C(Cn1c(=O)[nH]c(=O)c2ccccc21)N1CCN2CCCC[C@H]2C1. The summed E-state index contributed by atoms with van der Waals surface area (Å²) in [5.74, 6) is -0.0653. The molecule has 0 bridgehead atoms. The number of amides is 1. The monoisotopic (exact) mass is 342 g/mol. The predicted octanol–water partition coefficient (Wildman–Crippen LogP) is 0.386. The second-order valence-electron chi connectivity index (χ2n) is 6.89. The molecule has 1 aromatic heterocycles. The van der Waals surface area contributed by atoms with Crippen molar-refractivity contribution in [3.63, 3.8) is 0 Å². The minimum atomic E-state index is -0.534. The number of hydrogen-bond donors (Lipinski definition) is 1. The largest absolute Gasteiger partial charge is 0.338 e. The Morgan fingerprint density at radius 3 is 2.84 bits per heavy atom. The van der Waals surface area contributed by atoms with E-state index < -0.39 is 11.2 Å². The molecule has 2 aromatic rings. The van der Waals surface area contributed by atoms with Crippen molar-refractivity contribution in [3.8, 4) is 0 Å². The lowest BCUT2D eigenvalue weighted by Gasteiger charge is -2.44. The van der Waals surface area contributed by atoms with Crippen LogP contribution in [0.5, 0.6) is 0 Å². The second kappa shape index (κ2) is 6.48. The number of aromatic amines is 1. The first-order valence-electron chi connectivity index (χ1n) is 8.87. The molecule has 0 aliphatic carbocycles. The molecule has 0 saturated carbocycles. The van der Waals surface area contributed by atoms with Crippen molar-refractivity contribution in [1.29, 1.82) is 0 Å². The van der Waals surface area contributed by atoms with Crippen LogP contribution in [0, 0.1) is 0 Å². The van der Waals surface area contributed by atoms with E-state index in [4.69, 9.17) is 0 Å². The molecule has 25 heavy (non-hydrogen) atoms. The summed E-state index contributed by atoms with van der Waals surface area (Å²) in [6.45, 7) is 3.41. The van der Waals surface area contributed by atoms with Gasteiger partial charge >= 0.3 is 5.69 Å². The number of hydrogen-bond acceptors (Lipinski definition) is 4. The quantitative estimate of drug-likeness (QED) is 0.856. The molecule has 2 aliphatic rings. The number of piperazine rings is 1. The maximum Gasteiger partial charge on any atom is 0.329 e. The number of carbonyl (C=O) groups is 1. The van der Waals surface area contributed by atoms with Gasteiger partial charge in [0.1, 0.15) is 6.54 Å². The molecule has 1 amide bonds. The molecule has 1 aromatic carbocycles. The van der Waals surface area contributed by atoms with Crippen molar-refractivity contribution in [3.05, 3.63) is 45.1 Å². The number of piperidine rings is 1. The van der Waals surface area contributed by atoms with Crippen LogP contribution in [0.2, 0.25) is 0 Å². The standard InChI is InChI=1S/C18H22N4O3/c23-16(21-10-9-20-8-4-3-5-13(20)11-21)12-22-15-7-2-1-6-14(15)17(24)19-18(22)25/h1-2,6-7,13H,3-5,8-12H2,(H,19,24,25)/t13-/m0/s1. The van der Waals surface area contributed by atoms with Gasteiger partial charge in [-0.3, -0.25) is 24.0 Å². The number of benzene rings is 1. The minimum Gasteiger partial charge on any atom is -0.338 e. The topological polar surface area (TPSA) is 78.4 Å². The molecule has 1 atom stereocenters. The molecule has 2 saturated heterocycles. The summed E-state index contributed by atoms with van der Waals surface area (Å²) < 4.78 is 1.37. The fourth-order valence-electron chi connectivity index (χ4n) is 4.02. The molecule has 0 radical (unpaired) electrons. The third-order valence-electron chi connectivity index (χ3n) is 5.39. The van der Waals surface area contributed by atoms with Gasteiger partial charge in [-0.25, -0.2) is 4.79 Å². The second-order valence-corrected chi connectivity index (χ2v) is 6.89. The van der Waals surface area contributed by atoms with E-state index in [2.05, 4.69) is 9.88 Å². The Hall–Kier alpha value is -2.41. The van der Waals surface area contributed by atoms with Gasteiger partial charge < -0.3 is 4.90 Å². The summed E-state index contributed by atoms with van der Waals surface area (Å²) in [5.41, 5.74) is -0.450. The average Bonchev–Trinajstić information content (AvgIpc) is 2.64. The van der Waals surface area contributed by atoms with Gasteiger partial charge in [-0.2, -0.15) is 0 Å². The van der Waals surface area contributed by atoms with Crippen LogP contribution < -0.4 is 11.2 Å². The lowest BCUT2D eigenvalue weighted by molar-refractivity contribution is -0.135. The van der Waals surface area contributed by atoms with Crippen LogP contribution in [-0.2, 0) is 11.3 Å². The molecule has 1 N–H and O–H groups in total. The van der Waals surface area contributed by atoms with Crippen LogP contribution in [-0.4, -0.2) is 57.5 Å². The fourth-order valence-corrected chi connectivity index (χ4v) is 4.02. The number of carbonyl (C=O) groups excluding carboxylic acids is 1. The van der Waals surface area contributed by atoms with Crippen LogP contribution in [0.3, 0.4) is 0 Å². The van der Waals surface area contributed by atoms with Gasteiger partial charge in [0.25, 0.3) is 5.56 Å². The van der Waals surface area contributed by atoms with Gasteiger partial charge in [0, 0.05) is 25.7 Å². The van der Waals surface area contributed by atoms with E-state index in [1.54, 1.807) is 24.3 Å². The molecule has 7 heteroatoms. The molecule has 4 rings (SSSR count). The maximum atomic E-state index is 12.8. The van der Waals surface area contributed by atoms with Crippen molar-refractivity contribution >= 4 is 16.8 Å². The normalized spacial score (nSPS) is 21.3. The Morgan fingerprint density at radius 1 is 1.12 bits per heavy atom. The highest BCUT2D eigenvalue weighted by Gasteiger charge is 2.31. The van der Waals surface area contributed by atoms with Crippen molar-refractivity contribution < 1.29 is 4.79 Å². The summed E-state index contributed by atoms with van der Waals surface area (Å²) in [5, 5.41) is 0.423. The number of rotatable bonds is 2. The van der Waals surface area contributed by atoms with Crippen molar-refractivity contribution in [2.75, 3.05) is 26.2 Å². The first kappa shape index (κ1) is 16.1. The zero-order valence-corrected chi connectivity index (χ0v) is 14.1. The summed E-state index contributed by atoms with van der Waals surface area (Å²) in [6.07, 6.45) is 3.59. The molecule has 0 unspecified atom stereocenters. The number of fused-ring (bicyclic) bond motifs is 2. The Bertz CT molecular complexity index is 916. The number of para-hydroxylation sites is 1. The predicted molar refractivity (Wildman–Crippen MR) is 94.6 cm³/mol. The lowest BCUT2D eigenvalue weighted by Crippen LogP contribution is -2.56. The van der Waals surface area contributed by atoms with Crippen LogP contribution in [0.1, 0.15) is 19.3 Å². The maximum absolute atomic E-state index is 12.8. The third kappa shape index (κ3) is 3.00. The van der Waals surface area contributed by atoms with E-state index in [9.17, 15) is 14.4 Å². The van der Waals surface area contributed by atoms with E-state index in [-0.39, 0.29) is 12.5 Å². The zero-order chi connectivity index (χ0) is 17.4. The molecule has 132 valence electrons. The van der Waals surface area contributed by atoms with E-state index in [0.717, 1.165) is 26.1 Å². The van der Waals surface area contributed by atoms with Crippen LogP contribution in [0.15, 0.2) is 33.9 Å². The molecule has 2 fully saturated rings. The van der Waals surface area contributed by atoms with Gasteiger partial charge in [0.15, 0.2) is 0 Å². The van der Waals surface area contributed by atoms with Gasteiger partial charge in [-0.1, -0.05) is 18.6 Å². The highest BCUT2D eigenvalue weighted by molar-refractivity contribution is 5.81. The highest BCUT2D eigenvalue weighted by atomic mass is 16.2. The number of nitrogens with zero attached hydrogens (tertiary/aromatic N) is 3. The van der Waals surface area contributed by atoms with E-state index in [1.165, 1.54) is 17.4 Å². The summed E-state index contributed by atoms with van der Waals surface area (Å²) in [6, 6.07) is 7.32. The first-order valence-corrected chi connectivity index (χ1v) is 8.87. The third-order valence-corrected chi connectivity index (χ3v) is 5.39. The number of nitrogens with one attached hydrogen (secondary N) is 1. The van der Waals surface area contributed by atoms with E-state index >= 15 is 0 Å². The Morgan fingerprint density at radius 2 is 1.96 bits per heavy atom.